The van der Waals surface area contributed by atoms with Crippen LogP contribution in [0.25, 0.3) is 0 Å². The Kier molecular flexibility index (Phi) is 5.84. The standard InChI is InChI=1S/C24H19FN4O2/c25-20-4-2-6-22(14-20)28-24(31)19-3-1-5-21(13-19)27-23(30)18-9-7-17(8-10-18)15-29-12-11-26-16-29/h1-14,16H,15H2,(H,27,30)(H,28,31). The van der Waals surface area contributed by atoms with E-state index in [4.69, 9.17) is 0 Å². The summed E-state index contributed by atoms with van der Waals surface area (Å²) in [6, 6.07) is 19.5. The van der Waals surface area contributed by atoms with Gasteiger partial charge in [-0.15, -0.1) is 0 Å². The Morgan fingerprint density at radius 1 is 0.839 bits per heavy atom. The highest BCUT2D eigenvalue weighted by Gasteiger charge is 2.10. The molecule has 1 aromatic heterocycles. The van der Waals surface area contributed by atoms with Gasteiger partial charge in [0.1, 0.15) is 5.82 Å². The molecule has 4 aromatic rings. The van der Waals surface area contributed by atoms with Crippen LogP contribution in [0.3, 0.4) is 0 Å². The van der Waals surface area contributed by atoms with Crippen molar-refractivity contribution in [3.05, 3.63) is 114 Å². The number of nitrogens with zero attached hydrogens (tertiary/aromatic N) is 2. The molecule has 0 saturated carbocycles. The Labute approximate surface area is 178 Å². The van der Waals surface area contributed by atoms with Gasteiger partial charge in [-0.05, 0) is 54.1 Å². The van der Waals surface area contributed by atoms with Crippen LogP contribution < -0.4 is 10.6 Å². The van der Waals surface area contributed by atoms with Crippen LogP contribution in [-0.4, -0.2) is 21.4 Å². The lowest BCUT2D eigenvalue weighted by Crippen LogP contribution is -2.14. The fourth-order valence-corrected chi connectivity index (χ4v) is 3.06. The van der Waals surface area contributed by atoms with Gasteiger partial charge < -0.3 is 15.2 Å². The number of benzene rings is 3. The molecule has 3 aromatic carbocycles. The number of aromatic nitrogens is 2. The van der Waals surface area contributed by atoms with Gasteiger partial charge in [-0.25, -0.2) is 9.37 Å². The Hall–Kier alpha value is -4.26. The lowest BCUT2D eigenvalue weighted by Gasteiger charge is -2.09. The quantitative estimate of drug-likeness (QED) is 0.485. The molecule has 0 radical (unpaired) electrons. The molecule has 0 atom stereocenters. The number of rotatable bonds is 6. The summed E-state index contributed by atoms with van der Waals surface area (Å²) >= 11 is 0. The van der Waals surface area contributed by atoms with Crippen LogP contribution in [0.5, 0.6) is 0 Å². The van der Waals surface area contributed by atoms with Crippen molar-refractivity contribution in [2.45, 2.75) is 6.54 Å². The van der Waals surface area contributed by atoms with Gasteiger partial charge in [0.05, 0.1) is 6.33 Å². The molecule has 6 nitrogen and oxygen atoms in total. The number of nitrogens with one attached hydrogen (secondary N) is 2. The van der Waals surface area contributed by atoms with Crippen molar-refractivity contribution in [3.8, 4) is 0 Å². The monoisotopic (exact) mass is 414 g/mol. The van der Waals surface area contributed by atoms with Crippen LogP contribution in [0.2, 0.25) is 0 Å². The molecule has 4 rings (SSSR count). The predicted molar refractivity (Wildman–Crippen MR) is 117 cm³/mol. The third-order valence-electron chi connectivity index (χ3n) is 4.61. The maximum Gasteiger partial charge on any atom is 0.255 e. The first kappa shape index (κ1) is 20.0. The molecular weight excluding hydrogens is 395 g/mol. The number of carbonyl (C=O) groups excluding carboxylic acids is 2. The number of hydrogen-bond donors (Lipinski definition) is 2. The van der Waals surface area contributed by atoms with E-state index in [1.54, 1.807) is 55.0 Å². The minimum atomic E-state index is -0.435. The van der Waals surface area contributed by atoms with Crippen LogP contribution in [0, 0.1) is 5.82 Å². The predicted octanol–water partition coefficient (Wildman–Crippen LogP) is 4.58. The Morgan fingerprint density at radius 2 is 1.52 bits per heavy atom. The third kappa shape index (κ3) is 5.22. The number of anilines is 2. The fourth-order valence-electron chi connectivity index (χ4n) is 3.06. The van der Waals surface area contributed by atoms with Crippen molar-refractivity contribution in [1.82, 2.24) is 9.55 Å². The van der Waals surface area contributed by atoms with Gasteiger partial charge in [0.25, 0.3) is 11.8 Å². The Morgan fingerprint density at radius 3 is 2.19 bits per heavy atom. The van der Waals surface area contributed by atoms with Crippen molar-refractivity contribution in [3.63, 3.8) is 0 Å². The molecule has 0 aliphatic carbocycles. The summed E-state index contributed by atoms with van der Waals surface area (Å²) < 4.78 is 15.2. The Balaban J connectivity index is 1.41. The van der Waals surface area contributed by atoms with Crippen LogP contribution in [0.1, 0.15) is 26.3 Å². The second-order valence-corrected chi connectivity index (χ2v) is 6.93. The second kappa shape index (κ2) is 9.04. The van der Waals surface area contributed by atoms with E-state index in [1.807, 2.05) is 22.9 Å². The minimum Gasteiger partial charge on any atom is -0.333 e. The first-order chi connectivity index (χ1) is 15.1. The van der Waals surface area contributed by atoms with E-state index in [-0.39, 0.29) is 5.91 Å². The molecule has 2 amide bonds. The van der Waals surface area contributed by atoms with Crippen LogP contribution in [0.15, 0.2) is 91.5 Å². The van der Waals surface area contributed by atoms with Gasteiger partial charge in [-0.3, -0.25) is 9.59 Å². The van der Waals surface area contributed by atoms with Gasteiger partial charge in [-0.1, -0.05) is 24.3 Å². The first-order valence-electron chi connectivity index (χ1n) is 9.60. The molecule has 154 valence electrons. The topological polar surface area (TPSA) is 76.0 Å². The van der Waals surface area contributed by atoms with Crippen molar-refractivity contribution in [1.29, 1.82) is 0 Å². The van der Waals surface area contributed by atoms with E-state index >= 15 is 0 Å². The molecule has 0 spiro atoms. The van der Waals surface area contributed by atoms with Crippen molar-refractivity contribution in [2.75, 3.05) is 10.6 Å². The van der Waals surface area contributed by atoms with Crippen LogP contribution in [0.4, 0.5) is 15.8 Å². The molecule has 0 saturated heterocycles. The summed E-state index contributed by atoms with van der Waals surface area (Å²) in [5.41, 5.74) is 2.74. The zero-order valence-electron chi connectivity index (χ0n) is 16.5. The lowest BCUT2D eigenvalue weighted by molar-refractivity contribution is 0.101. The second-order valence-electron chi connectivity index (χ2n) is 6.93. The molecule has 0 fully saturated rings. The molecule has 0 aliphatic rings. The summed E-state index contributed by atoms with van der Waals surface area (Å²) in [4.78, 5) is 29.0. The fraction of sp³-hybridized carbons (Fsp3) is 0.0417. The molecule has 2 N–H and O–H groups in total. The third-order valence-corrected chi connectivity index (χ3v) is 4.61. The van der Waals surface area contributed by atoms with E-state index in [0.29, 0.717) is 29.0 Å². The smallest absolute Gasteiger partial charge is 0.255 e. The number of imidazole rings is 1. The normalized spacial score (nSPS) is 10.5. The van der Waals surface area contributed by atoms with Gasteiger partial charge in [0.2, 0.25) is 0 Å². The zero-order chi connectivity index (χ0) is 21.6. The van der Waals surface area contributed by atoms with Crippen molar-refractivity contribution >= 4 is 23.2 Å². The molecule has 0 bridgehead atoms. The highest BCUT2D eigenvalue weighted by atomic mass is 19.1. The molecule has 31 heavy (non-hydrogen) atoms. The molecule has 0 aliphatic heterocycles. The molecule has 0 unspecified atom stereocenters. The molecule has 1 heterocycles. The van der Waals surface area contributed by atoms with E-state index in [2.05, 4.69) is 15.6 Å². The summed E-state index contributed by atoms with van der Waals surface area (Å²) in [7, 11) is 0. The highest BCUT2D eigenvalue weighted by Crippen LogP contribution is 2.16. The summed E-state index contributed by atoms with van der Waals surface area (Å²) in [6.07, 6.45) is 5.32. The summed E-state index contributed by atoms with van der Waals surface area (Å²) in [5.74, 6) is -1.11. The van der Waals surface area contributed by atoms with Crippen LogP contribution >= 0.6 is 0 Å². The van der Waals surface area contributed by atoms with E-state index in [1.165, 1.54) is 18.2 Å². The zero-order valence-corrected chi connectivity index (χ0v) is 16.5. The number of carbonyl (C=O) groups is 2. The van der Waals surface area contributed by atoms with Gasteiger partial charge >= 0.3 is 0 Å². The van der Waals surface area contributed by atoms with Gasteiger partial charge in [-0.2, -0.15) is 0 Å². The van der Waals surface area contributed by atoms with E-state index in [0.717, 1.165) is 5.56 Å². The SMILES string of the molecule is O=C(Nc1cccc(C(=O)Nc2cccc(F)c2)c1)c1ccc(Cn2ccnc2)cc1. The maximum absolute atomic E-state index is 13.3. The molecular formula is C24H19FN4O2. The Bertz CT molecular complexity index is 1200. The largest absolute Gasteiger partial charge is 0.333 e. The number of halogens is 1. The molecule has 7 heteroatoms. The first-order valence-corrected chi connectivity index (χ1v) is 9.60. The average molecular weight is 414 g/mol. The number of hydrogen-bond acceptors (Lipinski definition) is 3. The maximum atomic E-state index is 13.3. The minimum absolute atomic E-state index is 0.281. The summed E-state index contributed by atoms with van der Waals surface area (Å²) in [5, 5.41) is 5.43. The van der Waals surface area contributed by atoms with Gasteiger partial charge in [0, 0.05) is 41.4 Å². The van der Waals surface area contributed by atoms with E-state index < -0.39 is 11.7 Å². The summed E-state index contributed by atoms with van der Waals surface area (Å²) in [6.45, 7) is 0.671. The van der Waals surface area contributed by atoms with Crippen molar-refractivity contribution in [2.24, 2.45) is 0 Å². The van der Waals surface area contributed by atoms with Crippen LogP contribution in [-0.2, 0) is 6.54 Å². The number of amides is 2. The average Bonchev–Trinajstić information content (AvgIpc) is 3.27. The lowest BCUT2D eigenvalue weighted by atomic mass is 10.1. The highest BCUT2D eigenvalue weighted by molar-refractivity contribution is 6.07. The van der Waals surface area contributed by atoms with Gasteiger partial charge in [0.15, 0.2) is 0 Å². The van der Waals surface area contributed by atoms with Crippen molar-refractivity contribution < 1.29 is 14.0 Å². The van der Waals surface area contributed by atoms with E-state index in [9.17, 15) is 14.0 Å².